The van der Waals surface area contributed by atoms with E-state index < -0.39 is 0 Å². The maximum absolute atomic E-state index is 4.29. The van der Waals surface area contributed by atoms with Crippen molar-refractivity contribution in [3.63, 3.8) is 0 Å². The van der Waals surface area contributed by atoms with Gasteiger partial charge in [0.2, 0.25) is 0 Å². The van der Waals surface area contributed by atoms with Gasteiger partial charge in [-0.2, -0.15) is 0 Å². The Balaban J connectivity index is 1.92. The highest BCUT2D eigenvalue weighted by atomic mass is 79.9. The minimum absolute atomic E-state index is 0.368. The van der Waals surface area contributed by atoms with Crippen LogP contribution in [0, 0.1) is 6.92 Å². The standard InChI is InChI=1S/C13H15BrN2S/c1-9-3-4-11(7-15-9)8-16-10(2)12-5-6-13(14)17-12/h3-7,10,16H,8H2,1-2H3. The molecule has 0 saturated heterocycles. The van der Waals surface area contributed by atoms with Gasteiger partial charge in [-0.05, 0) is 53.5 Å². The molecule has 1 atom stereocenters. The first-order valence-electron chi connectivity index (χ1n) is 5.55. The number of halogens is 1. The van der Waals surface area contributed by atoms with Gasteiger partial charge in [-0.15, -0.1) is 11.3 Å². The second-order valence-corrected chi connectivity index (χ2v) is 6.55. The van der Waals surface area contributed by atoms with Crippen LogP contribution in [0.25, 0.3) is 0 Å². The molecule has 0 aliphatic heterocycles. The maximum Gasteiger partial charge on any atom is 0.0701 e. The molecule has 2 aromatic rings. The Bertz CT molecular complexity index is 478. The maximum atomic E-state index is 4.29. The first-order valence-corrected chi connectivity index (χ1v) is 7.16. The van der Waals surface area contributed by atoms with E-state index in [1.54, 1.807) is 11.3 Å². The molecule has 2 nitrogen and oxygen atoms in total. The number of hydrogen-bond acceptors (Lipinski definition) is 3. The third-order valence-corrected chi connectivity index (χ3v) is 4.41. The fraction of sp³-hybridized carbons (Fsp3) is 0.308. The van der Waals surface area contributed by atoms with Crippen molar-refractivity contribution in [2.24, 2.45) is 0 Å². The molecule has 2 heterocycles. The van der Waals surface area contributed by atoms with Crippen LogP contribution in [0.15, 0.2) is 34.2 Å². The number of nitrogens with zero attached hydrogens (tertiary/aromatic N) is 1. The second-order valence-electron chi connectivity index (χ2n) is 4.05. The van der Waals surface area contributed by atoms with Crippen LogP contribution in [0.3, 0.4) is 0 Å². The number of nitrogens with one attached hydrogen (secondary N) is 1. The molecule has 0 spiro atoms. The largest absolute Gasteiger partial charge is 0.305 e. The summed E-state index contributed by atoms with van der Waals surface area (Å²) >= 11 is 5.26. The Kier molecular flexibility index (Phi) is 4.31. The predicted molar refractivity (Wildman–Crippen MR) is 76.2 cm³/mol. The van der Waals surface area contributed by atoms with Gasteiger partial charge in [-0.1, -0.05) is 6.07 Å². The van der Waals surface area contributed by atoms with Gasteiger partial charge >= 0.3 is 0 Å². The summed E-state index contributed by atoms with van der Waals surface area (Å²) in [4.78, 5) is 5.63. The average molecular weight is 311 g/mol. The molecule has 2 aromatic heterocycles. The molecule has 0 aliphatic rings. The summed E-state index contributed by atoms with van der Waals surface area (Å²) < 4.78 is 1.18. The van der Waals surface area contributed by atoms with E-state index in [0.717, 1.165) is 12.2 Å². The summed E-state index contributed by atoms with van der Waals surface area (Å²) in [5.74, 6) is 0. The van der Waals surface area contributed by atoms with Crippen LogP contribution in [0.5, 0.6) is 0 Å². The van der Waals surface area contributed by atoms with E-state index in [0.29, 0.717) is 6.04 Å². The molecule has 0 fully saturated rings. The van der Waals surface area contributed by atoms with Crippen molar-refractivity contribution in [3.8, 4) is 0 Å². The van der Waals surface area contributed by atoms with Crippen LogP contribution in [-0.2, 0) is 6.54 Å². The van der Waals surface area contributed by atoms with Gasteiger partial charge < -0.3 is 5.32 Å². The van der Waals surface area contributed by atoms with Crippen molar-refractivity contribution >= 4 is 27.3 Å². The normalized spacial score (nSPS) is 12.6. The minimum Gasteiger partial charge on any atom is -0.305 e. The van der Waals surface area contributed by atoms with Gasteiger partial charge in [0, 0.05) is 29.4 Å². The van der Waals surface area contributed by atoms with Crippen molar-refractivity contribution in [1.29, 1.82) is 0 Å². The molecule has 17 heavy (non-hydrogen) atoms. The first kappa shape index (κ1) is 12.7. The fourth-order valence-corrected chi connectivity index (χ4v) is 2.99. The number of thiophene rings is 1. The van der Waals surface area contributed by atoms with Gasteiger partial charge in [-0.25, -0.2) is 0 Å². The Morgan fingerprint density at radius 2 is 2.18 bits per heavy atom. The lowest BCUT2D eigenvalue weighted by Crippen LogP contribution is -2.17. The Hall–Kier alpha value is -0.710. The Morgan fingerprint density at radius 1 is 1.35 bits per heavy atom. The molecule has 0 saturated carbocycles. The molecule has 0 aromatic carbocycles. The van der Waals surface area contributed by atoms with Crippen molar-refractivity contribution in [2.75, 3.05) is 0 Å². The molecule has 0 amide bonds. The van der Waals surface area contributed by atoms with Crippen LogP contribution < -0.4 is 5.32 Å². The van der Waals surface area contributed by atoms with Crippen molar-refractivity contribution in [1.82, 2.24) is 10.3 Å². The molecule has 1 unspecified atom stereocenters. The minimum atomic E-state index is 0.368. The van der Waals surface area contributed by atoms with Crippen LogP contribution >= 0.6 is 27.3 Å². The topological polar surface area (TPSA) is 24.9 Å². The lowest BCUT2D eigenvalue weighted by molar-refractivity contribution is 0.582. The highest BCUT2D eigenvalue weighted by Gasteiger charge is 2.07. The van der Waals surface area contributed by atoms with E-state index in [9.17, 15) is 0 Å². The predicted octanol–water partition coefficient (Wildman–Crippen LogP) is 4.06. The zero-order valence-electron chi connectivity index (χ0n) is 9.90. The SMILES string of the molecule is Cc1ccc(CNC(C)c2ccc(Br)s2)cn1. The van der Waals surface area contributed by atoms with E-state index in [-0.39, 0.29) is 0 Å². The summed E-state index contributed by atoms with van der Waals surface area (Å²) in [6.07, 6.45) is 1.93. The smallest absolute Gasteiger partial charge is 0.0701 e. The van der Waals surface area contributed by atoms with Gasteiger partial charge in [-0.3, -0.25) is 4.98 Å². The zero-order chi connectivity index (χ0) is 12.3. The summed E-state index contributed by atoms with van der Waals surface area (Å²) in [5.41, 5.74) is 2.28. The van der Waals surface area contributed by atoms with E-state index in [1.165, 1.54) is 14.2 Å². The molecule has 1 N–H and O–H groups in total. The lowest BCUT2D eigenvalue weighted by Gasteiger charge is -2.11. The van der Waals surface area contributed by atoms with Crippen LogP contribution in [0.1, 0.15) is 29.1 Å². The van der Waals surface area contributed by atoms with Gasteiger partial charge in [0.25, 0.3) is 0 Å². The average Bonchev–Trinajstić information content (AvgIpc) is 2.75. The first-order chi connectivity index (χ1) is 8.15. The van der Waals surface area contributed by atoms with E-state index >= 15 is 0 Å². The molecular weight excluding hydrogens is 296 g/mol. The molecule has 4 heteroatoms. The van der Waals surface area contributed by atoms with Gasteiger partial charge in [0.1, 0.15) is 0 Å². The Labute approximate surface area is 114 Å². The van der Waals surface area contributed by atoms with E-state index in [1.807, 2.05) is 19.2 Å². The fourth-order valence-electron chi connectivity index (χ4n) is 1.54. The lowest BCUT2D eigenvalue weighted by atomic mass is 10.2. The summed E-state index contributed by atoms with van der Waals surface area (Å²) in [6, 6.07) is 8.77. The second kappa shape index (κ2) is 5.76. The quantitative estimate of drug-likeness (QED) is 0.921. The third kappa shape index (κ3) is 3.63. The number of pyridine rings is 1. The van der Waals surface area contributed by atoms with Crippen molar-refractivity contribution in [3.05, 3.63) is 50.4 Å². The van der Waals surface area contributed by atoms with Gasteiger partial charge in [0.05, 0.1) is 3.79 Å². The third-order valence-electron chi connectivity index (χ3n) is 2.61. The van der Waals surface area contributed by atoms with Crippen LogP contribution in [-0.4, -0.2) is 4.98 Å². The van der Waals surface area contributed by atoms with E-state index in [2.05, 4.69) is 51.4 Å². The highest BCUT2D eigenvalue weighted by Crippen LogP contribution is 2.27. The van der Waals surface area contributed by atoms with Crippen molar-refractivity contribution < 1.29 is 0 Å². The molecule has 0 bridgehead atoms. The van der Waals surface area contributed by atoms with Crippen LogP contribution in [0.4, 0.5) is 0 Å². The summed E-state index contributed by atoms with van der Waals surface area (Å²) in [5, 5.41) is 3.50. The summed E-state index contributed by atoms with van der Waals surface area (Å²) in [7, 11) is 0. The number of aryl methyl sites for hydroxylation is 1. The zero-order valence-corrected chi connectivity index (χ0v) is 12.3. The molecule has 90 valence electrons. The van der Waals surface area contributed by atoms with E-state index in [4.69, 9.17) is 0 Å². The van der Waals surface area contributed by atoms with Gasteiger partial charge in [0.15, 0.2) is 0 Å². The van der Waals surface area contributed by atoms with Crippen molar-refractivity contribution in [2.45, 2.75) is 26.4 Å². The molecule has 0 aliphatic carbocycles. The van der Waals surface area contributed by atoms with Crippen LogP contribution in [0.2, 0.25) is 0 Å². The molecule has 2 rings (SSSR count). The Morgan fingerprint density at radius 3 is 2.76 bits per heavy atom. The highest BCUT2D eigenvalue weighted by molar-refractivity contribution is 9.11. The summed E-state index contributed by atoms with van der Waals surface area (Å²) in [6.45, 7) is 5.03. The number of hydrogen-bond donors (Lipinski definition) is 1. The molecular formula is C13H15BrN2S. The number of aromatic nitrogens is 1. The monoisotopic (exact) mass is 310 g/mol. The molecule has 0 radical (unpaired) electrons. The number of rotatable bonds is 4.